The normalized spacial score (nSPS) is 20.8. The van der Waals surface area contributed by atoms with E-state index >= 15 is 0 Å². The summed E-state index contributed by atoms with van der Waals surface area (Å²) in [5.74, 6) is -1.08. The average Bonchev–Trinajstić information content (AvgIpc) is 2.53. The Labute approximate surface area is 142 Å². The van der Waals surface area contributed by atoms with E-state index in [0.29, 0.717) is 51.9 Å². The van der Waals surface area contributed by atoms with E-state index in [1.807, 2.05) is 20.8 Å². The van der Waals surface area contributed by atoms with E-state index in [0.717, 1.165) is 0 Å². The molecule has 2 fully saturated rings. The van der Waals surface area contributed by atoms with Gasteiger partial charge in [0.15, 0.2) is 0 Å². The topological polar surface area (TPSA) is 87.2 Å². The molecule has 1 N–H and O–H groups in total. The monoisotopic (exact) mass is 340 g/mol. The van der Waals surface area contributed by atoms with Gasteiger partial charge in [0.1, 0.15) is 5.60 Å². The first-order valence-electron chi connectivity index (χ1n) is 8.67. The Hall–Kier alpha value is -1.79. The summed E-state index contributed by atoms with van der Waals surface area (Å²) in [6.07, 6.45) is 2.00. The van der Waals surface area contributed by atoms with Crippen molar-refractivity contribution in [2.75, 3.05) is 26.2 Å². The summed E-state index contributed by atoms with van der Waals surface area (Å²) in [4.78, 5) is 39.0. The Morgan fingerprint density at radius 2 is 1.33 bits per heavy atom. The first-order valence-corrected chi connectivity index (χ1v) is 8.67. The second-order valence-electron chi connectivity index (χ2n) is 7.68. The first kappa shape index (κ1) is 18.5. The fourth-order valence-corrected chi connectivity index (χ4v) is 3.24. The number of carboxylic acid groups (broad SMARTS) is 1. The molecular formula is C17H28N2O5. The Morgan fingerprint density at radius 3 is 1.79 bits per heavy atom. The molecule has 24 heavy (non-hydrogen) atoms. The van der Waals surface area contributed by atoms with Crippen LogP contribution in [0.25, 0.3) is 0 Å². The molecule has 0 spiro atoms. The number of hydrogen-bond acceptors (Lipinski definition) is 4. The van der Waals surface area contributed by atoms with Gasteiger partial charge in [0.05, 0.1) is 5.92 Å². The Balaban J connectivity index is 1.79. The first-order chi connectivity index (χ1) is 11.2. The Morgan fingerprint density at radius 1 is 0.875 bits per heavy atom. The fourth-order valence-electron chi connectivity index (χ4n) is 3.24. The lowest BCUT2D eigenvalue weighted by molar-refractivity contribution is -0.147. The third-order valence-electron chi connectivity index (χ3n) is 4.65. The summed E-state index contributed by atoms with van der Waals surface area (Å²) in [7, 11) is 0. The van der Waals surface area contributed by atoms with Gasteiger partial charge in [-0.3, -0.25) is 9.59 Å². The Bertz CT molecular complexity index is 484. The van der Waals surface area contributed by atoms with Crippen molar-refractivity contribution >= 4 is 18.0 Å². The molecule has 0 aliphatic carbocycles. The van der Waals surface area contributed by atoms with E-state index in [9.17, 15) is 14.4 Å². The number of carboxylic acids is 1. The molecule has 0 saturated carbocycles. The number of likely N-dealkylation sites (tertiary alicyclic amines) is 2. The predicted molar refractivity (Wildman–Crippen MR) is 87.5 cm³/mol. The molecule has 2 amide bonds. The zero-order chi connectivity index (χ0) is 17.9. The molecule has 0 radical (unpaired) electrons. The number of nitrogens with zero attached hydrogens (tertiary/aromatic N) is 2. The van der Waals surface area contributed by atoms with Crippen LogP contribution in [0.5, 0.6) is 0 Å². The highest BCUT2D eigenvalue weighted by molar-refractivity contribution is 5.80. The van der Waals surface area contributed by atoms with E-state index in [4.69, 9.17) is 9.84 Å². The molecule has 7 nitrogen and oxygen atoms in total. The maximum absolute atomic E-state index is 12.6. The van der Waals surface area contributed by atoms with Crippen molar-refractivity contribution in [1.82, 2.24) is 9.80 Å². The van der Waals surface area contributed by atoms with E-state index in [-0.39, 0.29) is 23.8 Å². The Kier molecular flexibility index (Phi) is 5.72. The molecule has 7 heteroatoms. The molecule has 2 heterocycles. The highest BCUT2D eigenvalue weighted by atomic mass is 16.6. The minimum atomic E-state index is -0.771. The largest absolute Gasteiger partial charge is 0.481 e. The second-order valence-corrected chi connectivity index (χ2v) is 7.68. The standard InChI is InChI=1S/C17H28N2O5/c1-17(2,3)24-16(23)19-10-4-12(5-11-19)14(20)18-8-6-13(7-9-18)15(21)22/h12-13H,4-11H2,1-3H3,(H,21,22). The van der Waals surface area contributed by atoms with E-state index in [1.165, 1.54) is 0 Å². The molecule has 136 valence electrons. The molecule has 0 aromatic heterocycles. The van der Waals surface area contributed by atoms with Gasteiger partial charge in [-0.15, -0.1) is 0 Å². The zero-order valence-corrected chi connectivity index (χ0v) is 14.8. The van der Waals surface area contributed by atoms with Crippen molar-refractivity contribution < 1.29 is 24.2 Å². The summed E-state index contributed by atoms with van der Waals surface area (Å²) >= 11 is 0. The van der Waals surface area contributed by atoms with Crippen LogP contribution in [0.3, 0.4) is 0 Å². The molecule has 0 atom stereocenters. The quantitative estimate of drug-likeness (QED) is 0.830. The zero-order valence-electron chi connectivity index (χ0n) is 14.8. The van der Waals surface area contributed by atoms with Crippen LogP contribution < -0.4 is 0 Å². The van der Waals surface area contributed by atoms with Gasteiger partial charge in [0, 0.05) is 32.1 Å². The van der Waals surface area contributed by atoms with Crippen LogP contribution in [0.1, 0.15) is 46.5 Å². The summed E-state index contributed by atoms with van der Waals surface area (Å²) in [6.45, 7) is 7.59. The molecule has 2 aliphatic heterocycles. The van der Waals surface area contributed by atoms with Crippen molar-refractivity contribution in [1.29, 1.82) is 0 Å². The van der Waals surface area contributed by atoms with Gasteiger partial charge in [0.2, 0.25) is 5.91 Å². The number of carbonyl (C=O) groups is 3. The van der Waals surface area contributed by atoms with Crippen molar-refractivity contribution in [3.05, 3.63) is 0 Å². The average molecular weight is 340 g/mol. The molecular weight excluding hydrogens is 312 g/mol. The van der Waals surface area contributed by atoms with Crippen LogP contribution in [0.4, 0.5) is 4.79 Å². The minimum Gasteiger partial charge on any atom is -0.481 e. The van der Waals surface area contributed by atoms with Crippen LogP contribution in [0.2, 0.25) is 0 Å². The van der Waals surface area contributed by atoms with Crippen LogP contribution in [0, 0.1) is 11.8 Å². The predicted octanol–water partition coefficient (Wildman–Crippen LogP) is 1.96. The number of carbonyl (C=O) groups excluding carboxylic acids is 2. The summed E-state index contributed by atoms with van der Waals surface area (Å²) < 4.78 is 5.36. The molecule has 0 aromatic rings. The highest BCUT2D eigenvalue weighted by Crippen LogP contribution is 2.24. The molecule has 2 rings (SSSR count). The lowest BCUT2D eigenvalue weighted by Gasteiger charge is -2.37. The molecule has 2 saturated heterocycles. The molecule has 0 bridgehead atoms. The SMILES string of the molecule is CC(C)(C)OC(=O)N1CCC(C(=O)N2CCC(C(=O)O)CC2)CC1. The van der Waals surface area contributed by atoms with Crippen molar-refractivity contribution in [3.8, 4) is 0 Å². The lowest BCUT2D eigenvalue weighted by Crippen LogP contribution is -2.47. The number of ether oxygens (including phenoxy) is 1. The number of piperidine rings is 2. The van der Waals surface area contributed by atoms with E-state index < -0.39 is 11.6 Å². The van der Waals surface area contributed by atoms with Crippen LogP contribution in [-0.2, 0) is 14.3 Å². The highest BCUT2D eigenvalue weighted by Gasteiger charge is 2.34. The van der Waals surface area contributed by atoms with Crippen LogP contribution in [-0.4, -0.2) is 64.7 Å². The summed E-state index contributed by atoms with van der Waals surface area (Å²) in [6, 6.07) is 0. The van der Waals surface area contributed by atoms with Gasteiger partial charge < -0.3 is 19.6 Å². The maximum atomic E-state index is 12.6. The summed E-state index contributed by atoms with van der Waals surface area (Å²) in [5, 5.41) is 9.02. The van der Waals surface area contributed by atoms with Crippen LogP contribution >= 0.6 is 0 Å². The number of aliphatic carboxylic acids is 1. The van der Waals surface area contributed by atoms with Gasteiger partial charge in [-0.2, -0.15) is 0 Å². The van der Waals surface area contributed by atoms with Gasteiger partial charge in [0.25, 0.3) is 0 Å². The number of hydrogen-bond donors (Lipinski definition) is 1. The molecule has 0 aromatic carbocycles. The third-order valence-corrected chi connectivity index (χ3v) is 4.65. The number of amides is 2. The van der Waals surface area contributed by atoms with Gasteiger partial charge in [-0.05, 0) is 46.5 Å². The lowest BCUT2D eigenvalue weighted by atomic mass is 9.92. The van der Waals surface area contributed by atoms with Gasteiger partial charge in [-0.1, -0.05) is 0 Å². The van der Waals surface area contributed by atoms with Crippen molar-refractivity contribution in [2.24, 2.45) is 11.8 Å². The fraction of sp³-hybridized carbons (Fsp3) is 0.824. The van der Waals surface area contributed by atoms with Gasteiger partial charge >= 0.3 is 12.1 Å². The van der Waals surface area contributed by atoms with E-state index in [1.54, 1.807) is 9.80 Å². The molecule has 0 unspecified atom stereocenters. The number of rotatable bonds is 2. The minimum absolute atomic E-state index is 0.0786. The second kappa shape index (κ2) is 7.40. The maximum Gasteiger partial charge on any atom is 0.410 e. The van der Waals surface area contributed by atoms with Crippen molar-refractivity contribution in [3.63, 3.8) is 0 Å². The van der Waals surface area contributed by atoms with Crippen LogP contribution in [0.15, 0.2) is 0 Å². The molecule has 2 aliphatic rings. The summed E-state index contributed by atoms with van der Waals surface area (Å²) in [5.41, 5.74) is -0.516. The van der Waals surface area contributed by atoms with Gasteiger partial charge in [-0.25, -0.2) is 4.79 Å². The van der Waals surface area contributed by atoms with E-state index in [2.05, 4.69) is 0 Å². The third kappa shape index (κ3) is 4.85. The van der Waals surface area contributed by atoms with Crippen molar-refractivity contribution in [2.45, 2.75) is 52.1 Å². The smallest absolute Gasteiger partial charge is 0.410 e.